The maximum atomic E-state index is 12.0. The van der Waals surface area contributed by atoms with Crippen molar-refractivity contribution in [1.82, 2.24) is 0 Å². The van der Waals surface area contributed by atoms with Crippen molar-refractivity contribution in [2.75, 3.05) is 5.32 Å². The fourth-order valence-corrected chi connectivity index (χ4v) is 2.61. The second-order valence-corrected chi connectivity index (χ2v) is 13.1. The molecule has 0 heterocycles. The molecule has 0 aliphatic rings. The number of carbonyl (C=O) groups excluding carboxylic acids is 1. The summed E-state index contributed by atoms with van der Waals surface area (Å²) in [6.45, 7) is 17.1. The first-order valence-electron chi connectivity index (χ1n) is 8.04. The van der Waals surface area contributed by atoms with E-state index in [4.69, 9.17) is 9.16 Å². The third-order valence-electron chi connectivity index (χ3n) is 4.05. The van der Waals surface area contributed by atoms with Crippen molar-refractivity contribution in [3.05, 3.63) is 29.8 Å². The number of amides is 1. The molecule has 1 rings (SSSR count). The molecule has 130 valence electrons. The summed E-state index contributed by atoms with van der Waals surface area (Å²) < 4.78 is 11.6. The Bertz CT molecular complexity index is 542. The molecule has 23 heavy (non-hydrogen) atoms. The third-order valence-corrected chi connectivity index (χ3v) is 8.53. The van der Waals surface area contributed by atoms with Gasteiger partial charge in [0.25, 0.3) is 0 Å². The number of benzene rings is 1. The number of para-hydroxylation sites is 1. The van der Waals surface area contributed by atoms with E-state index in [1.54, 1.807) is 0 Å². The summed E-state index contributed by atoms with van der Waals surface area (Å²) in [5.41, 5.74) is 1.18. The molecule has 0 atom stereocenters. The normalized spacial score (nSPS) is 12.9. The molecule has 0 spiro atoms. The standard InChI is InChI=1S/C18H31NO3Si/c1-17(2,3)22-16(20)19-15-12-10-9-11-14(15)13-21-23(7,8)18(4,5)6/h9-12H,13H2,1-8H3,(H,19,20). The molecule has 1 aromatic carbocycles. The van der Waals surface area contributed by atoms with Crippen molar-refractivity contribution in [2.45, 2.75) is 71.9 Å². The molecule has 1 amide bonds. The summed E-state index contributed by atoms with van der Waals surface area (Å²) in [7, 11) is -1.83. The summed E-state index contributed by atoms with van der Waals surface area (Å²) in [6.07, 6.45) is -0.447. The minimum atomic E-state index is -1.83. The van der Waals surface area contributed by atoms with Crippen molar-refractivity contribution in [1.29, 1.82) is 0 Å². The van der Waals surface area contributed by atoms with E-state index in [1.165, 1.54) is 0 Å². The van der Waals surface area contributed by atoms with Crippen LogP contribution in [0, 0.1) is 0 Å². The van der Waals surface area contributed by atoms with Gasteiger partial charge in [-0.1, -0.05) is 39.0 Å². The van der Waals surface area contributed by atoms with Gasteiger partial charge in [-0.2, -0.15) is 0 Å². The molecule has 0 bridgehead atoms. The Balaban J connectivity index is 2.81. The number of anilines is 1. The first-order chi connectivity index (χ1) is 10.3. The summed E-state index contributed by atoms with van der Waals surface area (Å²) in [6, 6.07) is 7.68. The Kier molecular flexibility index (Phi) is 6.04. The quantitative estimate of drug-likeness (QED) is 0.732. The van der Waals surface area contributed by atoms with Gasteiger partial charge in [-0.3, -0.25) is 5.32 Å². The highest BCUT2D eigenvalue weighted by Crippen LogP contribution is 2.37. The van der Waals surface area contributed by atoms with Gasteiger partial charge < -0.3 is 9.16 Å². The van der Waals surface area contributed by atoms with Crippen LogP contribution in [0.15, 0.2) is 24.3 Å². The Morgan fingerprint density at radius 3 is 2.17 bits per heavy atom. The maximum absolute atomic E-state index is 12.0. The van der Waals surface area contributed by atoms with Crippen LogP contribution in [0.25, 0.3) is 0 Å². The van der Waals surface area contributed by atoms with Gasteiger partial charge in [-0.05, 0) is 45.0 Å². The summed E-state index contributed by atoms with van der Waals surface area (Å²) >= 11 is 0. The smallest absolute Gasteiger partial charge is 0.412 e. The zero-order chi connectivity index (χ0) is 17.9. The molecule has 0 fully saturated rings. The number of nitrogens with one attached hydrogen (secondary N) is 1. The van der Waals surface area contributed by atoms with E-state index in [9.17, 15) is 4.79 Å². The average molecular weight is 338 g/mol. The van der Waals surface area contributed by atoms with E-state index in [0.29, 0.717) is 6.61 Å². The Morgan fingerprint density at radius 2 is 1.65 bits per heavy atom. The van der Waals surface area contributed by atoms with Crippen molar-refractivity contribution in [3.8, 4) is 0 Å². The second-order valence-electron chi connectivity index (χ2n) is 8.33. The number of hydrogen-bond donors (Lipinski definition) is 1. The monoisotopic (exact) mass is 337 g/mol. The van der Waals surface area contributed by atoms with Crippen molar-refractivity contribution < 1.29 is 14.0 Å². The molecule has 5 heteroatoms. The lowest BCUT2D eigenvalue weighted by molar-refractivity contribution is 0.0635. The van der Waals surface area contributed by atoms with Gasteiger partial charge in [0.05, 0.1) is 6.61 Å². The van der Waals surface area contributed by atoms with Gasteiger partial charge in [-0.25, -0.2) is 4.79 Å². The molecule has 0 unspecified atom stereocenters. The predicted octanol–water partition coefficient (Wildman–Crippen LogP) is 5.56. The van der Waals surface area contributed by atoms with Crippen LogP contribution in [-0.2, 0) is 15.8 Å². The van der Waals surface area contributed by atoms with E-state index in [-0.39, 0.29) is 5.04 Å². The molecule has 1 aromatic rings. The fraction of sp³-hybridized carbons (Fsp3) is 0.611. The number of carbonyl (C=O) groups is 1. The average Bonchev–Trinajstić information content (AvgIpc) is 2.34. The minimum Gasteiger partial charge on any atom is -0.444 e. The molecule has 0 saturated carbocycles. The van der Waals surface area contributed by atoms with Gasteiger partial charge in [0.1, 0.15) is 5.60 Å². The largest absolute Gasteiger partial charge is 0.444 e. The number of hydrogen-bond acceptors (Lipinski definition) is 3. The van der Waals surface area contributed by atoms with Crippen LogP contribution in [0.1, 0.15) is 47.1 Å². The van der Waals surface area contributed by atoms with Crippen molar-refractivity contribution in [2.24, 2.45) is 0 Å². The molecule has 1 N–H and O–H groups in total. The highest BCUT2D eigenvalue weighted by molar-refractivity contribution is 6.74. The van der Waals surface area contributed by atoms with Crippen LogP contribution in [0.2, 0.25) is 18.1 Å². The third kappa shape index (κ3) is 6.35. The maximum Gasteiger partial charge on any atom is 0.412 e. The van der Waals surface area contributed by atoms with E-state index in [2.05, 4.69) is 39.2 Å². The van der Waals surface area contributed by atoms with E-state index >= 15 is 0 Å². The van der Waals surface area contributed by atoms with Crippen LogP contribution >= 0.6 is 0 Å². The van der Waals surface area contributed by atoms with Crippen LogP contribution < -0.4 is 5.32 Å². The van der Waals surface area contributed by atoms with Gasteiger partial charge >= 0.3 is 6.09 Å². The lowest BCUT2D eigenvalue weighted by Crippen LogP contribution is -2.40. The van der Waals surface area contributed by atoms with E-state index in [1.807, 2.05) is 45.0 Å². The molecular weight excluding hydrogens is 306 g/mol. The Morgan fingerprint density at radius 1 is 1.09 bits per heavy atom. The van der Waals surface area contributed by atoms with Crippen LogP contribution in [0.4, 0.5) is 10.5 Å². The first kappa shape index (κ1) is 19.7. The predicted molar refractivity (Wildman–Crippen MR) is 98.3 cm³/mol. The van der Waals surface area contributed by atoms with Crippen LogP contribution in [-0.4, -0.2) is 20.0 Å². The molecule has 0 aliphatic carbocycles. The Hall–Kier alpha value is -1.33. The van der Waals surface area contributed by atoms with Gasteiger partial charge in [0, 0.05) is 11.3 Å². The number of rotatable bonds is 4. The number of ether oxygens (including phenoxy) is 1. The molecule has 0 aromatic heterocycles. The fourth-order valence-electron chi connectivity index (χ4n) is 1.66. The molecule has 0 saturated heterocycles. The zero-order valence-electron chi connectivity index (χ0n) is 15.7. The minimum absolute atomic E-state index is 0.153. The van der Waals surface area contributed by atoms with Gasteiger partial charge in [0.2, 0.25) is 0 Å². The lowest BCUT2D eigenvalue weighted by atomic mass is 10.2. The first-order valence-corrected chi connectivity index (χ1v) is 10.9. The molecule has 0 aliphatic heterocycles. The van der Waals surface area contributed by atoms with Gasteiger partial charge in [-0.15, -0.1) is 0 Å². The van der Waals surface area contributed by atoms with Crippen LogP contribution in [0.3, 0.4) is 0 Å². The summed E-state index contributed by atoms with van der Waals surface area (Å²) in [4.78, 5) is 12.0. The van der Waals surface area contributed by atoms with Crippen molar-refractivity contribution in [3.63, 3.8) is 0 Å². The van der Waals surface area contributed by atoms with Crippen molar-refractivity contribution >= 4 is 20.1 Å². The zero-order valence-corrected chi connectivity index (χ0v) is 16.7. The second kappa shape index (κ2) is 7.05. The molecule has 0 radical (unpaired) electrons. The Labute approximate surface area is 141 Å². The highest BCUT2D eigenvalue weighted by Gasteiger charge is 2.37. The molecular formula is C18H31NO3Si. The van der Waals surface area contributed by atoms with Gasteiger partial charge in [0.15, 0.2) is 8.32 Å². The SMILES string of the molecule is CC(C)(C)OC(=O)Nc1ccccc1CO[Si](C)(C)C(C)(C)C. The topological polar surface area (TPSA) is 47.6 Å². The summed E-state index contributed by atoms with van der Waals surface area (Å²) in [5.74, 6) is 0. The molecule has 4 nitrogen and oxygen atoms in total. The summed E-state index contributed by atoms with van der Waals surface area (Å²) in [5, 5.41) is 2.97. The van der Waals surface area contributed by atoms with Crippen LogP contribution in [0.5, 0.6) is 0 Å². The van der Waals surface area contributed by atoms with E-state index in [0.717, 1.165) is 11.3 Å². The highest BCUT2D eigenvalue weighted by atomic mass is 28.4. The van der Waals surface area contributed by atoms with E-state index < -0.39 is 20.0 Å². The lowest BCUT2D eigenvalue weighted by Gasteiger charge is -2.36.